The lowest BCUT2D eigenvalue weighted by Crippen LogP contribution is -2.14. The Balaban J connectivity index is 1.75. The first-order valence-corrected chi connectivity index (χ1v) is 7.72. The van der Waals surface area contributed by atoms with Gasteiger partial charge in [0.15, 0.2) is 11.4 Å². The predicted molar refractivity (Wildman–Crippen MR) is 87.5 cm³/mol. The van der Waals surface area contributed by atoms with Crippen molar-refractivity contribution >= 4 is 28.5 Å². The van der Waals surface area contributed by atoms with Gasteiger partial charge < -0.3 is 5.32 Å². The van der Waals surface area contributed by atoms with Crippen molar-refractivity contribution < 1.29 is 18.0 Å². The molecule has 0 unspecified atom stereocenters. The number of nitrogens with zero attached hydrogens (tertiary/aromatic N) is 2. The van der Waals surface area contributed by atoms with E-state index in [0.717, 1.165) is 12.1 Å². The number of Topliss-reactive ketones (excluding diaryl/α,β-unsaturated/α-hetero) is 1. The Morgan fingerprint density at radius 2 is 1.96 bits per heavy atom. The lowest BCUT2D eigenvalue weighted by atomic mass is 10.1. The molecule has 6 nitrogen and oxygen atoms in total. The molecule has 2 N–H and O–H groups in total. The maximum atomic E-state index is 12.8. The van der Waals surface area contributed by atoms with Crippen LogP contribution >= 0.6 is 0 Å². The van der Waals surface area contributed by atoms with Crippen LogP contribution in [-0.4, -0.2) is 20.7 Å². The van der Waals surface area contributed by atoms with Crippen LogP contribution in [0.5, 0.6) is 0 Å². The molecular formula is C17H11F3N4O2. The Morgan fingerprint density at radius 3 is 2.73 bits per heavy atom. The Kier molecular flexibility index (Phi) is 3.53. The number of carbonyl (C=O) groups excluding carboxylic acids is 1. The van der Waals surface area contributed by atoms with Crippen molar-refractivity contribution in [2.75, 3.05) is 5.32 Å². The van der Waals surface area contributed by atoms with Gasteiger partial charge in [-0.15, -0.1) is 0 Å². The number of H-pyrrole nitrogens is 1. The van der Waals surface area contributed by atoms with Crippen molar-refractivity contribution in [1.29, 1.82) is 0 Å². The number of aromatic amines is 1. The third-order valence-electron chi connectivity index (χ3n) is 4.20. The highest BCUT2D eigenvalue weighted by Gasteiger charge is 2.30. The molecule has 2 heterocycles. The summed E-state index contributed by atoms with van der Waals surface area (Å²) in [6.07, 6.45) is -2.33. The molecule has 0 fully saturated rings. The fourth-order valence-electron chi connectivity index (χ4n) is 3.01. The smallest absolute Gasteiger partial charge is 0.326 e. The summed E-state index contributed by atoms with van der Waals surface area (Å²) < 4.78 is 38.4. The van der Waals surface area contributed by atoms with E-state index in [-0.39, 0.29) is 28.5 Å². The Labute approximate surface area is 144 Å². The maximum Gasteiger partial charge on any atom is 0.416 e. The topological polar surface area (TPSA) is 87.7 Å². The van der Waals surface area contributed by atoms with Crippen LogP contribution in [0, 0.1) is 0 Å². The number of carbonyl (C=O) groups is 1. The number of aryl methyl sites for hydroxylation is 1. The minimum Gasteiger partial charge on any atom is -0.326 e. The van der Waals surface area contributed by atoms with Crippen LogP contribution in [0.3, 0.4) is 0 Å². The van der Waals surface area contributed by atoms with Crippen LogP contribution in [-0.2, 0) is 12.6 Å². The average Bonchev–Trinajstić information content (AvgIpc) is 2.95. The van der Waals surface area contributed by atoms with Gasteiger partial charge in [-0.3, -0.25) is 14.6 Å². The lowest BCUT2D eigenvalue weighted by molar-refractivity contribution is -0.137. The summed E-state index contributed by atoms with van der Waals surface area (Å²) in [6.45, 7) is 0. The number of halogens is 3. The number of pyridine rings is 1. The van der Waals surface area contributed by atoms with E-state index >= 15 is 0 Å². The molecule has 4 rings (SSSR count). The van der Waals surface area contributed by atoms with Crippen LogP contribution in [0.4, 0.5) is 24.8 Å². The van der Waals surface area contributed by atoms with E-state index in [1.54, 1.807) is 0 Å². The summed E-state index contributed by atoms with van der Waals surface area (Å²) in [6, 6.07) is 4.54. The molecule has 3 aromatic rings. The van der Waals surface area contributed by atoms with E-state index in [9.17, 15) is 22.8 Å². The van der Waals surface area contributed by atoms with Crippen LogP contribution in [0.1, 0.15) is 27.9 Å². The Hall–Kier alpha value is -3.23. The van der Waals surface area contributed by atoms with E-state index in [2.05, 4.69) is 20.3 Å². The lowest BCUT2D eigenvalue weighted by Gasteiger charge is -2.10. The number of anilines is 2. The van der Waals surface area contributed by atoms with Crippen molar-refractivity contribution in [3.8, 4) is 0 Å². The molecule has 26 heavy (non-hydrogen) atoms. The zero-order valence-corrected chi connectivity index (χ0v) is 13.1. The van der Waals surface area contributed by atoms with Crippen LogP contribution in [0.15, 0.2) is 35.3 Å². The SMILES string of the molecule is O=C1CCc2c1cnc1nc(Nc3cccc(C(F)(F)F)c3)[nH]c(=O)c21. The van der Waals surface area contributed by atoms with Crippen molar-refractivity contribution in [3.05, 3.63) is 57.5 Å². The molecule has 0 atom stereocenters. The number of nitrogens with one attached hydrogen (secondary N) is 2. The number of hydrogen-bond donors (Lipinski definition) is 2. The molecule has 1 aliphatic rings. The molecule has 2 aromatic heterocycles. The largest absolute Gasteiger partial charge is 0.416 e. The van der Waals surface area contributed by atoms with E-state index in [1.165, 1.54) is 18.3 Å². The first-order chi connectivity index (χ1) is 12.3. The molecule has 0 amide bonds. The van der Waals surface area contributed by atoms with Gasteiger partial charge in [-0.2, -0.15) is 18.2 Å². The quantitative estimate of drug-likeness (QED) is 0.733. The minimum atomic E-state index is -4.48. The van der Waals surface area contributed by atoms with Gasteiger partial charge in [-0.25, -0.2) is 4.98 Å². The number of aromatic nitrogens is 3. The van der Waals surface area contributed by atoms with E-state index in [4.69, 9.17) is 0 Å². The van der Waals surface area contributed by atoms with Crippen molar-refractivity contribution in [1.82, 2.24) is 15.0 Å². The van der Waals surface area contributed by atoms with E-state index in [0.29, 0.717) is 24.0 Å². The van der Waals surface area contributed by atoms with Crippen molar-refractivity contribution in [3.63, 3.8) is 0 Å². The van der Waals surface area contributed by atoms with Gasteiger partial charge in [0, 0.05) is 23.9 Å². The molecule has 0 radical (unpaired) electrons. The highest BCUT2D eigenvalue weighted by molar-refractivity contribution is 6.04. The normalized spacial score (nSPS) is 13.9. The number of hydrogen-bond acceptors (Lipinski definition) is 5. The number of rotatable bonds is 2. The maximum absolute atomic E-state index is 12.8. The molecule has 0 saturated carbocycles. The summed E-state index contributed by atoms with van der Waals surface area (Å²) in [5.74, 6) is -0.0986. The van der Waals surface area contributed by atoms with Gasteiger partial charge in [0.05, 0.1) is 10.9 Å². The zero-order chi connectivity index (χ0) is 18.5. The van der Waals surface area contributed by atoms with Gasteiger partial charge in [0.2, 0.25) is 5.95 Å². The third-order valence-corrected chi connectivity index (χ3v) is 4.20. The number of ketones is 1. The summed E-state index contributed by atoms with van der Waals surface area (Å²) in [7, 11) is 0. The number of fused-ring (bicyclic) bond motifs is 3. The Bertz CT molecular complexity index is 1110. The second-order valence-electron chi connectivity index (χ2n) is 5.89. The average molecular weight is 360 g/mol. The molecule has 0 aliphatic heterocycles. The monoisotopic (exact) mass is 360 g/mol. The van der Waals surface area contributed by atoms with Gasteiger partial charge in [-0.05, 0) is 30.2 Å². The fraction of sp³-hybridized carbons (Fsp3) is 0.176. The molecular weight excluding hydrogens is 349 g/mol. The number of benzene rings is 1. The molecule has 1 aromatic carbocycles. The number of alkyl halides is 3. The van der Waals surface area contributed by atoms with Gasteiger partial charge in [0.1, 0.15) is 0 Å². The van der Waals surface area contributed by atoms with Gasteiger partial charge in [0.25, 0.3) is 5.56 Å². The molecule has 0 saturated heterocycles. The molecule has 0 spiro atoms. The van der Waals surface area contributed by atoms with Crippen molar-refractivity contribution in [2.45, 2.75) is 19.0 Å². The summed E-state index contributed by atoms with van der Waals surface area (Å²) >= 11 is 0. The van der Waals surface area contributed by atoms with E-state index in [1.807, 2.05) is 0 Å². The second kappa shape index (κ2) is 5.65. The van der Waals surface area contributed by atoms with Crippen LogP contribution in [0.25, 0.3) is 11.0 Å². The highest BCUT2D eigenvalue weighted by Crippen LogP contribution is 2.31. The highest BCUT2D eigenvalue weighted by atomic mass is 19.4. The first-order valence-electron chi connectivity index (χ1n) is 7.72. The van der Waals surface area contributed by atoms with Gasteiger partial charge in [-0.1, -0.05) is 6.07 Å². The molecule has 0 bridgehead atoms. The van der Waals surface area contributed by atoms with Crippen LogP contribution in [0.2, 0.25) is 0 Å². The minimum absolute atomic E-state index is 0.0291. The summed E-state index contributed by atoms with van der Waals surface area (Å²) in [5, 5.41) is 2.89. The van der Waals surface area contributed by atoms with Crippen LogP contribution < -0.4 is 10.9 Å². The predicted octanol–water partition coefficient (Wildman–Crippen LogP) is 3.21. The van der Waals surface area contributed by atoms with Gasteiger partial charge >= 0.3 is 6.18 Å². The van der Waals surface area contributed by atoms with E-state index < -0.39 is 17.3 Å². The second-order valence-corrected chi connectivity index (χ2v) is 5.89. The standard InChI is InChI=1S/C17H11F3N4O2/c18-17(19,20)8-2-1-3-9(6-8)22-16-23-14-13(15(26)24-16)10-4-5-12(25)11(10)7-21-14/h1-3,6-7H,4-5H2,(H2,21,22,23,24,26). The zero-order valence-electron chi connectivity index (χ0n) is 13.1. The van der Waals surface area contributed by atoms with Crippen molar-refractivity contribution in [2.24, 2.45) is 0 Å². The summed E-state index contributed by atoms with van der Waals surface area (Å²) in [5.41, 5.74) is -0.0262. The third kappa shape index (κ3) is 2.71. The summed E-state index contributed by atoms with van der Waals surface area (Å²) in [4.78, 5) is 34.9. The first kappa shape index (κ1) is 16.2. The molecule has 1 aliphatic carbocycles. The fourth-order valence-corrected chi connectivity index (χ4v) is 3.01. The molecule has 9 heteroatoms. The molecule has 132 valence electrons. The Morgan fingerprint density at radius 1 is 1.15 bits per heavy atom.